The zero-order chi connectivity index (χ0) is 20.5. The molecule has 152 valence electrons. The smallest absolute Gasteiger partial charge is 0.387 e. The third-order valence-electron chi connectivity index (χ3n) is 4.04. The van der Waals surface area contributed by atoms with Crippen LogP contribution in [-0.4, -0.2) is 45.8 Å². The van der Waals surface area contributed by atoms with Gasteiger partial charge in [0.05, 0.1) is 14.2 Å². The quantitative estimate of drug-likeness (QED) is 0.549. The summed E-state index contributed by atoms with van der Waals surface area (Å²) in [5, 5.41) is 3.29. The standard InChI is InChI=1S/C20H25F2N3O3/c1-23-20(24-12-15-7-10-17(26-3)18(11-15)27-4)25(2)13-14-5-8-16(9-6-14)28-19(21)22/h5-11,19H,12-13H2,1-4H3,(H,23,24). The lowest BCUT2D eigenvalue weighted by Crippen LogP contribution is -2.38. The van der Waals surface area contributed by atoms with E-state index in [0.717, 1.165) is 11.1 Å². The maximum absolute atomic E-state index is 12.2. The molecule has 1 N–H and O–H groups in total. The molecule has 6 nitrogen and oxygen atoms in total. The minimum atomic E-state index is -2.83. The van der Waals surface area contributed by atoms with Crippen LogP contribution >= 0.6 is 0 Å². The molecule has 2 aromatic carbocycles. The number of nitrogens with zero attached hydrogens (tertiary/aromatic N) is 2. The summed E-state index contributed by atoms with van der Waals surface area (Å²) in [5.74, 6) is 2.17. The van der Waals surface area contributed by atoms with E-state index in [2.05, 4.69) is 15.0 Å². The van der Waals surface area contributed by atoms with E-state index >= 15 is 0 Å². The van der Waals surface area contributed by atoms with Crippen LogP contribution in [0.15, 0.2) is 47.5 Å². The van der Waals surface area contributed by atoms with Gasteiger partial charge in [-0.25, -0.2) is 0 Å². The van der Waals surface area contributed by atoms with E-state index in [-0.39, 0.29) is 5.75 Å². The van der Waals surface area contributed by atoms with Gasteiger partial charge < -0.3 is 24.4 Å². The summed E-state index contributed by atoms with van der Waals surface area (Å²) in [7, 11) is 6.79. The highest BCUT2D eigenvalue weighted by atomic mass is 19.3. The number of rotatable bonds is 8. The van der Waals surface area contributed by atoms with Crippen molar-refractivity contribution < 1.29 is 23.0 Å². The van der Waals surface area contributed by atoms with Crippen molar-refractivity contribution in [1.82, 2.24) is 10.2 Å². The van der Waals surface area contributed by atoms with Crippen molar-refractivity contribution in [2.24, 2.45) is 4.99 Å². The molecular weight excluding hydrogens is 368 g/mol. The lowest BCUT2D eigenvalue weighted by molar-refractivity contribution is -0.0498. The first-order valence-corrected chi connectivity index (χ1v) is 8.63. The van der Waals surface area contributed by atoms with Crippen molar-refractivity contribution in [2.45, 2.75) is 19.7 Å². The molecule has 0 aliphatic carbocycles. The molecule has 2 aromatic rings. The SMILES string of the molecule is CN=C(NCc1ccc(OC)c(OC)c1)N(C)Cc1ccc(OC(F)F)cc1. The molecular formula is C20H25F2N3O3. The van der Waals surface area contributed by atoms with Crippen LogP contribution in [0, 0.1) is 0 Å². The van der Waals surface area contributed by atoms with Gasteiger partial charge >= 0.3 is 6.61 Å². The first kappa shape index (κ1) is 21.3. The van der Waals surface area contributed by atoms with Crippen LogP contribution in [0.4, 0.5) is 8.78 Å². The molecule has 0 atom stereocenters. The van der Waals surface area contributed by atoms with E-state index in [0.29, 0.717) is 30.5 Å². The number of alkyl halides is 2. The van der Waals surface area contributed by atoms with Crippen LogP contribution in [0.25, 0.3) is 0 Å². The maximum Gasteiger partial charge on any atom is 0.387 e. The molecule has 0 aliphatic heterocycles. The highest BCUT2D eigenvalue weighted by Gasteiger charge is 2.10. The number of guanidine groups is 1. The summed E-state index contributed by atoms with van der Waals surface area (Å²) in [6.45, 7) is -1.72. The maximum atomic E-state index is 12.2. The number of aliphatic imine (C=N–C) groups is 1. The van der Waals surface area contributed by atoms with E-state index in [1.807, 2.05) is 30.1 Å². The minimum absolute atomic E-state index is 0.136. The molecule has 0 aliphatic rings. The Labute approximate surface area is 163 Å². The molecule has 0 radical (unpaired) electrons. The van der Waals surface area contributed by atoms with Crippen LogP contribution in [-0.2, 0) is 13.1 Å². The minimum Gasteiger partial charge on any atom is -0.493 e. The second kappa shape index (κ2) is 10.3. The van der Waals surface area contributed by atoms with Gasteiger partial charge in [-0.2, -0.15) is 8.78 Å². The lowest BCUT2D eigenvalue weighted by atomic mass is 10.2. The van der Waals surface area contributed by atoms with Crippen LogP contribution in [0.1, 0.15) is 11.1 Å². The number of ether oxygens (including phenoxy) is 3. The Balaban J connectivity index is 1.95. The largest absolute Gasteiger partial charge is 0.493 e. The number of methoxy groups -OCH3 is 2. The summed E-state index contributed by atoms with van der Waals surface area (Å²) in [6.07, 6.45) is 0. The number of nitrogens with one attached hydrogen (secondary N) is 1. The van der Waals surface area contributed by atoms with Crippen molar-refractivity contribution in [2.75, 3.05) is 28.3 Å². The molecule has 2 rings (SSSR count). The van der Waals surface area contributed by atoms with E-state index in [9.17, 15) is 8.78 Å². The molecule has 8 heteroatoms. The van der Waals surface area contributed by atoms with Crippen LogP contribution in [0.2, 0.25) is 0 Å². The summed E-state index contributed by atoms with van der Waals surface area (Å²) < 4.78 is 39.4. The zero-order valence-corrected chi connectivity index (χ0v) is 16.4. The van der Waals surface area contributed by atoms with Gasteiger partial charge in [-0.1, -0.05) is 18.2 Å². The van der Waals surface area contributed by atoms with Gasteiger partial charge in [-0.15, -0.1) is 0 Å². The highest BCUT2D eigenvalue weighted by molar-refractivity contribution is 5.79. The fourth-order valence-corrected chi connectivity index (χ4v) is 2.68. The van der Waals surface area contributed by atoms with Crippen molar-refractivity contribution >= 4 is 5.96 Å². The second-order valence-electron chi connectivity index (χ2n) is 5.97. The second-order valence-corrected chi connectivity index (χ2v) is 5.97. The predicted molar refractivity (Wildman–Crippen MR) is 104 cm³/mol. The Hall–Kier alpha value is -3.03. The lowest BCUT2D eigenvalue weighted by Gasteiger charge is -2.22. The molecule has 28 heavy (non-hydrogen) atoms. The molecule has 0 unspecified atom stereocenters. The average molecular weight is 393 g/mol. The number of benzene rings is 2. The third-order valence-corrected chi connectivity index (χ3v) is 4.04. The molecule has 0 aromatic heterocycles. The summed E-state index contributed by atoms with van der Waals surface area (Å²) in [6, 6.07) is 12.2. The van der Waals surface area contributed by atoms with E-state index in [1.165, 1.54) is 12.1 Å². The molecule has 0 bridgehead atoms. The average Bonchev–Trinajstić information content (AvgIpc) is 2.69. The fourth-order valence-electron chi connectivity index (χ4n) is 2.68. The first-order valence-electron chi connectivity index (χ1n) is 8.63. The molecule has 0 saturated heterocycles. The van der Waals surface area contributed by atoms with Gasteiger partial charge in [-0.3, -0.25) is 4.99 Å². The molecule has 0 fully saturated rings. The topological polar surface area (TPSA) is 55.3 Å². The van der Waals surface area contributed by atoms with Crippen molar-refractivity contribution in [3.8, 4) is 17.2 Å². The van der Waals surface area contributed by atoms with E-state index in [1.54, 1.807) is 33.4 Å². The number of hydrogen-bond acceptors (Lipinski definition) is 4. The van der Waals surface area contributed by atoms with Crippen LogP contribution in [0.5, 0.6) is 17.2 Å². The van der Waals surface area contributed by atoms with Crippen molar-refractivity contribution in [3.05, 3.63) is 53.6 Å². The van der Waals surface area contributed by atoms with Crippen molar-refractivity contribution in [3.63, 3.8) is 0 Å². The molecule has 0 saturated carbocycles. The normalized spacial score (nSPS) is 11.3. The van der Waals surface area contributed by atoms with Crippen molar-refractivity contribution in [1.29, 1.82) is 0 Å². The van der Waals surface area contributed by atoms with Gasteiger partial charge in [0.2, 0.25) is 0 Å². The number of halogens is 2. The predicted octanol–water partition coefficient (Wildman–Crippen LogP) is 3.51. The Morgan fingerprint density at radius 2 is 1.68 bits per heavy atom. The van der Waals surface area contributed by atoms with Gasteiger partial charge in [0.1, 0.15) is 5.75 Å². The summed E-state index contributed by atoms with van der Waals surface area (Å²) >= 11 is 0. The van der Waals surface area contributed by atoms with Crippen LogP contribution < -0.4 is 19.5 Å². The highest BCUT2D eigenvalue weighted by Crippen LogP contribution is 2.27. The van der Waals surface area contributed by atoms with Gasteiger partial charge in [-0.05, 0) is 35.4 Å². The summed E-state index contributed by atoms with van der Waals surface area (Å²) in [4.78, 5) is 6.22. The first-order chi connectivity index (χ1) is 13.5. The Morgan fingerprint density at radius 3 is 2.25 bits per heavy atom. The van der Waals surface area contributed by atoms with E-state index < -0.39 is 6.61 Å². The Morgan fingerprint density at radius 1 is 1.04 bits per heavy atom. The van der Waals surface area contributed by atoms with Gasteiger partial charge in [0, 0.05) is 27.2 Å². The molecule has 0 spiro atoms. The third kappa shape index (κ3) is 6.00. The monoisotopic (exact) mass is 393 g/mol. The van der Waals surface area contributed by atoms with Gasteiger partial charge in [0.25, 0.3) is 0 Å². The Bertz CT molecular complexity index is 783. The summed E-state index contributed by atoms with van der Waals surface area (Å²) in [5.41, 5.74) is 1.96. The Kier molecular flexibility index (Phi) is 7.86. The zero-order valence-electron chi connectivity index (χ0n) is 16.4. The number of hydrogen-bond donors (Lipinski definition) is 1. The molecule has 0 heterocycles. The molecule has 0 amide bonds. The van der Waals surface area contributed by atoms with E-state index in [4.69, 9.17) is 9.47 Å². The van der Waals surface area contributed by atoms with Crippen LogP contribution in [0.3, 0.4) is 0 Å². The fraction of sp³-hybridized carbons (Fsp3) is 0.350. The van der Waals surface area contributed by atoms with Gasteiger partial charge in [0.15, 0.2) is 17.5 Å².